The van der Waals surface area contributed by atoms with E-state index in [4.69, 9.17) is 0 Å². The van der Waals surface area contributed by atoms with E-state index >= 15 is 0 Å². The summed E-state index contributed by atoms with van der Waals surface area (Å²) in [4.78, 5) is 14.7. The standard InChI is InChI=1S/C18H22N6O2/c1-21-8-3-5-16(21)18(26)23-9-4-10-24-13(12-23)11-14(20-24)17(25)15-6-7-19-22(15)2/h3,5-8,11,17,25H,4,9-10,12H2,1-2H3/t17-/m1/s1. The Morgan fingerprint density at radius 1 is 1.27 bits per heavy atom. The SMILES string of the molecule is Cn1cccc1C(=O)N1CCCn2nc([C@@H](O)c3ccnn3C)cc2C1. The highest BCUT2D eigenvalue weighted by atomic mass is 16.3. The normalized spacial score (nSPS) is 15.6. The molecule has 4 heterocycles. The van der Waals surface area contributed by atoms with Gasteiger partial charge < -0.3 is 14.6 Å². The minimum atomic E-state index is -0.834. The van der Waals surface area contributed by atoms with Crippen molar-refractivity contribution in [2.75, 3.05) is 6.54 Å². The molecule has 0 bridgehead atoms. The second kappa shape index (κ2) is 6.45. The highest BCUT2D eigenvalue weighted by molar-refractivity contribution is 5.92. The molecule has 26 heavy (non-hydrogen) atoms. The van der Waals surface area contributed by atoms with Crippen molar-refractivity contribution in [1.82, 2.24) is 29.0 Å². The number of rotatable bonds is 3. The lowest BCUT2D eigenvalue weighted by Gasteiger charge is -2.20. The molecule has 0 radical (unpaired) electrons. The Labute approximate surface area is 151 Å². The summed E-state index contributed by atoms with van der Waals surface area (Å²) in [6.07, 6.45) is 3.52. The van der Waals surface area contributed by atoms with Crippen LogP contribution in [0.5, 0.6) is 0 Å². The van der Waals surface area contributed by atoms with Crippen LogP contribution in [0.25, 0.3) is 0 Å². The van der Waals surface area contributed by atoms with E-state index in [9.17, 15) is 9.90 Å². The number of aliphatic hydroxyl groups is 1. The van der Waals surface area contributed by atoms with Gasteiger partial charge in [-0.25, -0.2) is 0 Å². The van der Waals surface area contributed by atoms with Gasteiger partial charge in [0.15, 0.2) is 0 Å². The third-order valence-electron chi connectivity index (χ3n) is 4.90. The van der Waals surface area contributed by atoms with Crippen molar-refractivity contribution in [3.63, 3.8) is 0 Å². The maximum Gasteiger partial charge on any atom is 0.270 e. The zero-order chi connectivity index (χ0) is 18.3. The van der Waals surface area contributed by atoms with Gasteiger partial charge in [0.2, 0.25) is 0 Å². The maximum atomic E-state index is 12.8. The predicted molar refractivity (Wildman–Crippen MR) is 94.3 cm³/mol. The molecule has 1 aliphatic rings. The fourth-order valence-corrected chi connectivity index (χ4v) is 3.44. The lowest BCUT2D eigenvalue weighted by Crippen LogP contribution is -2.31. The molecule has 1 N–H and O–H groups in total. The van der Waals surface area contributed by atoms with Gasteiger partial charge in [0.25, 0.3) is 5.91 Å². The molecule has 0 unspecified atom stereocenters. The number of hydrogen-bond donors (Lipinski definition) is 1. The zero-order valence-electron chi connectivity index (χ0n) is 14.9. The second-order valence-corrected chi connectivity index (χ2v) is 6.65. The molecule has 136 valence electrons. The van der Waals surface area contributed by atoms with Crippen LogP contribution in [0.4, 0.5) is 0 Å². The molecule has 0 aromatic carbocycles. The Balaban J connectivity index is 1.59. The molecule has 1 aliphatic heterocycles. The number of fused-ring (bicyclic) bond motifs is 1. The molecule has 0 saturated carbocycles. The lowest BCUT2D eigenvalue weighted by atomic mass is 10.2. The van der Waals surface area contributed by atoms with Crippen LogP contribution < -0.4 is 0 Å². The summed E-state index contributed by atoms with van der Waals surface area (Å²) >= 11 is 0. The summed E-state index contributed by atoms with van der Waals surface area (Å²) in [7, 11) is 3.66. The van der Waals surface area contributed by atoms with Crippen LogP contribution in [-0.2, 0) is 27.2 Å². The van der Waals surface area contributed by atoms with Gasteiger partial charge in [-0.05, 0) is 30.7 Å². The van der Waals surface area contributed by atoms with E-state index in [-0.39, 0.29) is 5.91 Å². The molecule has 0 saturated heterocycles. The van der Waals surface area contributed by atoms with Crippen LogP contribution in [0.1, 0.15) is 40.1 Å². The fraction of sp³-hybridized carbons (Fsp3) is 0.389. The number of aliphatic hydroxyl groups excluding tert-OH is 1. The molecule has 3 aromatic rings. The molecule has 8 nitrogen and oxygen atoms in total. The molecule has 4 rings (SSSR count). The van der Waals surface area contributed by atoms with Crippen molar-refractivity contribution in [2.45, 2.75) is 25.6 Å². The number of nitrogens with zero attached hydrogens (tertiary/aromatic N) is 6. The molecular formula is C18H22N6O2. The van der Waals surface area contributed by atoms with Crippen molar-refractivity contribution in [3.8, 4) is 0 Å². The molecule has 1 atom stereocenters. The minimum Gasteiger partial charge on any atom is -0.380 e. The van der Waals surface area contributed by atoms with Crippen molar-refractivity contribution in [3.05, 3.63) is 59.4 Å². The van der Waals surface area contributed by atoms with E-state index in [0.717, 1.165) is 18.7 Å². The van der Waals surface area contributed by atoms with Gasteiger partial charge in [-0.3, -0.25) is 14.2 Å². The molecular weight excluding hydrogens is 332 g/mol. The summed E-state index contributed by atoms with van der Waals surface area (Å²) in [5, 5.41) is 19.3. The summed E-state index contributed by atoms with van der Waals surface area (Å²) in [6.45, 7) is 1.90. The quantitative estimate of drug-likeness (QED) is 0.763. The molecule has 0 aliphatic carbocycles. The Bertz CT molecular complexity index is 937. The first kappa shape index (κ1) is 16.6. The van der Waals surface area contributed by atoms with Gasteiger partial charge in [-0.15, -0.1) is 0 Å². The van der Waals surface area contributed by atoms with E-state index in [1.165, 1.54) is 0 Å². The van der Waals surface area contributed by atoms with Crippen molar-refractivity contribution < 1.29 is 9.90 Å². The molecule has 3 aromatic heterocycles. The van der Waals surface area contributed by atoms with Crippen LogP contribution in [0.15, 0.2) is 36.7 Å². The molecule has 8 heteroatoms. The van der Waals surface area contributed by atoms with Crippen LogP contribution in [0, 0.1) is 0 Å². The van der Waals surface area contributed by atoms with Crippen molar-refractivity contribution in [2.24, 2.45) is 14.1 Å². The monoisotopic (exact) mass is 354 g/mol. The van der Waals surface area contributed by atoms with Gasteiger partial charge >= 0.3 is 0 Å². The second-order valence-electron chi connectivity index (χ2n) is 6.65. The molecule has 0 spiro atoms. The number of amides is 1. The number of aromatic nitrogens is 5. The van der Waals surface area contributed by atoms with Gasteiger partial charge in [0.05, 0.1) is 23.6 Å². The minimum absolute atomic E-state index is 0.0147. The lowest BCUT2D eigenvalue weighted by molar-refractivity contribution is 0.0736. The number of carbonyl (C=O) groups excluding carboxylic acids is 1. The first-order valence-electron chi connectivity index (χ1n) is 8.68. The third-order valence-corrected chi connectivity index (χ3v) is 4.90. The largest absolute Gasteiger partial charge is 0.380 e. The molecule has 1 amide bonds. The van der Waals surface area contributed by atoms with Crippen LogP contribution in [0.3, 0.4) is 0 Å². The average molecular weight is 354 g/mol. The van der Waals surface area contributed by atoms with E-state index in [1.54, 1.807) is 24.0 Å². The van der Waals surface area contributed by atoms with E-state index < -0.39 is 6.10 Å². The summed E-state index contributed by atoms with van der Waals surface area (Å²) in [6, 6.07) is 7.37. The zero-order valence-corrected chi connectivity index (χ0v) is 14.9. The number of hydrogen-bond acceptors (Lipinski definition) is 4. The smallest absolute Gasteiger partial charge is 0.270 e. The summed E-state index contributed by atoms with van der Waals surface area (Å²) in [5.74, 6) is 0.0147. The first-order chi connectivity index (χ1) is 12.5. The van der Waals surface area contributed by atoms with Gasteiger partial charge in [-0.1, -0.05) is 0 Å². The van der Waals surface area contributed by atoms with E-state index in [1.807, 2.05) is 45.6 Å². The summed E-state index contributed by atoms with van der Waals surface area (Å²) < 4.78 is 5.37. The van der Waals surface area contributed by atoms with Crippen LogP contribution in [-0.4, -0.2) is 46.6 Å². The third kappa shape index (κ3) is 2.82. The number of carbonyl (C=O) groups is 1. The molecule has 0 fully saturated rings. The van der Waals surface area contributed by atoms with Gasteiger partial charge in [-0.2, -0.15) is 10.2 Å². The van der Waals surface area contributed by atoms with E-state index in [0.29, 0.717) is 30.2 Å². The Morgan fingerprint density at radius 3 is 2.81 bits per heavy atom. The van der Waals surface area contributed by atoms with Gasteiger partial charge in [0, 0.05) is 39.6 Å². The maximum absolute atomic E-state index is 12.8. The highest BCUT2D eigenvalue weighted by Gasteiger charge is 2.25. The first-order valence-corrected chi connectivity index (χ1v) is 8.68. The summed E-state index contributed by atoms with van der Waals surface area (Å²) in [5.41, 5.74) is 2.88. The topological polar surface area (TPSA) is 81.1 Å². The Kier molecular flexibility index (Phi) is 4.12. The predicted octanol–water partition coefficient (Wildman–Crippen LogP) is 1.08. The average Bonchev–Trinajstić information content (AvgIpc) is 3.31. The van der Waals surface area contributed by atoms with Crippen LogP contribution >= 0.6 is 0 Å². The van der Waals surface area contributed by atoms with Crippen molar-refractivity contribution in [1.29, 1.82) is 0 Å². The fourth-order valence-electron chi connectivity index (χ4n) is 3.44. The van der Waals surface area contributed by atoms with Crippen molar-refractivity contribution >= 4 is 5.91 Å². The van der Waals surface area contributed by atoms with E-state index in [2.05, 4.69) is 10.2 Å². The van der Waals surface area contributed by atoms with Gasteiger partial charge in [0.1, 0.15) is 11.8 Å². The Morgan fingerprint density at radius 2 is 2.12 bits per heavy atom. The highest BCUT2D eigenvalue weighted by Crippen LogP contribution is 2.23. The Hall–Kier alpha value is -2.87. The van der Waals surface area contributed by atoms with Crippen LogP contribution in [0.2, 0.25) is 0 Å². The number of aryl methyl sites for hydroxylation is 3.